The topological polar surface area (TPSA) is 17.3 Å². The first-order valence-electron chi connectivity index (χ1n) is 7.66. The average Bonchev–Trinajstić information content (AvgIpc) is 3.09. The number of fused-ring (bicyclic) bond motifs is 5. The lowest BCUT2D eigenvalue weighted by atomic mass is 10.0. The molecular formula is C20H14N2S. The van der Waals surface area contributed by atoms with Crippen LogP contribution in [0.25, 0.3) is 37.3 Å². The van der Waals surface area contributed by atoms with E-state index in [9.17, 15) is 0 Å². The summed E-state index contributed by atoms with van der Waals surface area (Å²) in [4.78, 5) is 5.81. The first-order chi connectivity index (χ1) is 11.3. The van der Waals surface area contributed by atoms with Crippen LogP contribution in [0.2, 0.25) is 0 Å². The number of para-hydroxylation sites is 2. The van der Waals surface area contributed by atoms with Crippen molar-refractivity contribution in [3.8, 4) is 11.1 Å². The molecule has 2 nitrogen and oxygen atoms in total. The van der Waals surface area contributed by atoms with Crippen LogP contribution in [0.15, 0.2) is 66.7 Å². The van der Waals surface area contributed by atoms with E-state index in [1.165, 1.54) is 32.4 Å². The van der Waals surface area contributed by atoms with E-state index in [0.29, 0.717) is 0 Å². The van der Waals surface area contributed by atoms with E-state index in [2.05, 4.69) is 72.0 Å². The lowest BCUT2D eigenvalue weighted by molar-refractivity contribution is 1.34. The van der Waals surface area contributed by atoms with Gasteiger partial charge in [-0.2, -0.15) is 0 Å². The van der Waals surface area contributed by atoms with Crippen LogP contribution < -0.4 is 0 Å². The summed E-state index contributed by atoms with van der Waals surface area (Å²) >= 11 is 1.75. The summed E-state index contributed by atoms with van der Waals surface area (Å²) in [5.74, 6) is 0. The van der Waals surface area contributed by atoms with Gasteiger partial charge in [-0.3, -0.25) is 4.40 Å². The van der Waals surface area contributed by atoms with Gasteiger partial charge >= 0.3 is 0 Å². The van der Waals surface area contributed by atoms with Crippen LogP contribution in [0.4, 0.5) is 0 Å². The van der Waals surface area contributed by atoms with Crippen LogP contribution in [0, 0.1) is 6.92 Å². The number of rotatable bonds is 1. The predicted molar refractivity (Wildman–Crippen MR) is 98.3 cm³/mol. The molecule has 0 N–H and O–H groups in total. The lowest BCUT2D eigenvalue weighted by Crippen LogP contribution is -1.83. The maximum absolute atomic E-state index is 4.75. The van der Waals surface area contributed by atoms with Gasteiger partial charge in [0, 0.05) is 0 Å². The fraction of sp³-hybridized carbons (Fsp3) is 0.0500. The molecule has 0 bridgehead atoms. The van der Waals surface area contributed by atoms with Crippen molar-refractivity contribution in [2.45, 2.75) is 6.92 Å². The van der Waals surface area contributed by atoms with E-state index in [4.69, 9.17) is 4.98 Å². The number of imidazole rings is 1. The Labute approximate surface area is 137 Å². The molecule has 0 amide bonds. The Hall–Kier alpha value is -2.65. The molecule has 0 atom stereocenters. The van der Waals surface area contributed by atoms with E-state index in [0.717, 1.165) is 10.5 Å². The molecule has 0 aliphatic rings. The van der Waals surface area contributed by atoms with Gasteiger partial charge in [0.1, 0.15) is 0 Å². The van der Waals surface area contributed by atoms with Crippen LogP contribution in [0.1, 0.15) is 5.56 Å². The molecule has 0 unspecified atom stereocenters. The van der Waals surface area contributed by atoms with Crippen molar-refractivity contribution in [1.82, 2.24) is 9.38 Å². The molecule has 0 saturated carbocycles. The Balaban J connectivity index is 1.85. The average molecular weight is 314 g/mol. The smallest absolute Gasteiger partial charge is 0.195 e. The molecule has 0 fully saturated rings. The predicted octanol–water partition coefficient (Wildman–Crippen LogP) is 5.68. The maximum Gasteiger partial charge on any atom is 0.195 e. The molecule has 2 aromatic heterocycles. The molecule has 23 heavy (non-hydrogen) atoms. The van der Waals surface area contributed by atoms with Gasteiger partial charge < -0.3 is 0 Å². The number of benzene rings is 3. The van der Waals surface area contributed by atoms with Gasteiger partial charge in [0.25, 0.3) is 0 Å². The van der Waals surface area contributed by atoms with Crippen LogP contribution in [0.3, 0.4) is 0 Å². The normalized spacial score (nSPS) is 11.7. The molecule has 2 heterocycles. The highest BCUT2D eigenvalue weighted by molar-refractivity contribution is 7.23. The Morgan fingerprint density at radius 2 is 1.70 bits per heavy atom. The molecule has 5 aromatic rings. The van der Waals surface area contributed by atoms with Crippen molar-refractivity contribution >= 4 is 37.5 Å². The fourth-order valence-electron chi connectivity index (χ4n) is 3.19. The molecule has 5 rings (SSSR count). The SMILES string of the molecule is Cc1cccc(-c2ccc3sc4nc5ccccc5n4c3c2)c1. The molecule has 0 radical (unpaired) electrons. The maximum atomic E-state index is 4.75. The van der Waals surface area contributed by atoms with Crippen molar-refractivity contribution < 1.29 is 0 Å². The molecule has 0 aliphatic carbocycles. The largest absolute Gasteiger partial charge is 0.283 e. The quantitative estimate of drug-likeness (QED) is 0.389. The third-order valence-corrected chi connectivity index (χ3v) is 5.30. The lowest BCUT2D eigenvalue weighted by Gasteiger charge is -2.04. The van der Waals surface area contributed by atoms with Crippen molar-refractivity contribution in [2.24, 2.45) is 0 Å². The summed E-state index contributed by atoms with van der Waals surface area (Å²) in [5.41, 5.74) is 7.26. The zero-order chi connectivity index (χ0) is 15.4. The molecule has 110 valence electrons. The number of thiazole rings is 1. The standard InChI is InChI=1S/C20H14N2S/c1-13-5-4-6-14(11-13)15-9-10-19-18(12-15)22-17-8-3-2-7-16(17)21-20(22)23-19/h2-12H,1H3. The summed E-state index contributed by atoms with van der Waals surface area (Å²) in [5, 5.41) is 0. The first-order valence-corrected chi connectivity index (χ1v) is 8.48. The number of aromatic nitrogens is 2. The van der Waals surface area contributed by atoms with Crippen LogP contribution in [-0.2, 0) is 0 Å². The molecule has 0 spiro atoms. The third kappa shape index (κ3) is 1.90. The monoisotopic (exact) mass is 314 g/mol. The van der Waals surface area contributed by atoms with Crippen molar-refractivity contribution in [2.75, 3.05) is 0 Å². The summed E-state index contributed by atoms with van der Waals surface area (Å²) in [6, 6.07) is 23.7. The fourth-order valence-corrected chi connectivity index (χ4v) is 4.21. The number of aryl methyl sites for hydroxylation is 1. The van der Waals surface area contributed by atoms with E-state index >= 15 is 0 Å². The second-order valence-corrected chi connectivity index (χ2v) is 6.88. The summed E-state index contributed by atoms with van der Waals surface area (Å²) in [7, 11) is 0. The molecule has 0 aliphatic heterocycles. The minimum absolute atomic E-state index is 1.06. The highest BCUT2D eigenvalue weighted by atomic mass is 32.1. The third-order valence-electron chi connectivity index (χ3n) is 4.28. The van der Waals surface area contributed by atoms with E-state index in [1.54, 1.807) is 11.3 Å². The molecule has 3 aromatic carbocycles. The van der Waals surface area contributed by atoms with Gasteiger partial charge in [-0.25, -0.2) is 4.98 Å². The summed E-state index contributed by atoms with van der Waals surface area (Å²) in [6.07, 6.45) is 0. The van der Waals surface area contributed by atoms with Crippen LogP contribution in [0.5, 0.6) is 0 Å². The number of hydrogen-bond acceptors (Lipinski definition) is 2. The van der Waals surface area contributed by atoms with E-state index in [-0.39, 0.29) is 0 Å². The molecule has 0 saturated heterocycles. The highest BCUT2D eigenvalue weighted by Gasteiger charge is 2.11. The Bertz CT molecular complexity index is 1180. The van der Waals surface area contributed by atoms with Crippen molar-refractivity contribution in [3.05, 3.63) is 72.3 Å². The number of hydrogen-bond donors (Lipinski definition) is 0. The molecular weight excluding hydrogens is 300 g/mol. The Morgan fingerprint density at radius 1 is 0.826 bits per heavy atom. The van der Waals surface area contributed by atoms with Gasteiger partial charge in [0.15, 0.2) is 4.96 Å². The van der Waals surface area contributed by atoms with E-state index in [1.807, 2.05) is 6.07 Å². The Morgan fingerprint density at radius 3 is 2.61 bits per heavy atom. The van der Waals surface area contributed by atoms with Crippen molar-refractivity contribution in [3.63, 3.8) is 0 Å². The van der Waals surface area contributed by atoms with Crippen LogP contribution >= 0.6 is 11.3 Å². The van der Waals surface area contributed by atoms with Gasteiger partial charge in [0.05, 0.1) is 21.3 Å². The summed E-state index contributed by atoms with van der Waals surface area (Å²) in [6.45, 7) is 2.13. The zero-order valence-electron chi connectivity index (χ0n) is 12.7. The first kappa shape index (κ1) is 12.9. The second-order valence-electron chi connectivity index (χ2n) is 5.87. The van der Waals surface area contributed by atoms with Gasteiger partial charge in [-0.05, 0) is 42.3 Å². The molecule has 3 heteroatoms. The summed E-state index contributed by atoms with van der Waals surface area (Å²) < 4.78 is 3.55. The second kappa shape index (κ2) is 4.67. The zero-order valence-corrected chi connectivity index (χ0v) is 13.5. The van der Waals surface area contributed by atoms with Gasteiger partial charge in [0.2, 0.25) is 0 Å². The van der Waals surface area contributed by atoms with Gasteiger partial charge in [-0.1, -0.05) is 59.4 Å². The highest BCUT2D eigenvalue weighted by Crippen LogP contribution is 2.33. The minimum atomic E-state index is 1.06. The number of nitrogens with zero attached hydrogens (tertiary/aromatic N) is 2. The van der Waals surface area contributed by atoms with Crippen LogP contribution in [-0.4, -0.2) is 9.38 Å². The van der Waals surface area contributed by atoms with Gasteiger partial charge in [-0.15, -0.1) is 0 Å². The minimum Gasteiger partial charge on any atom is -0.283 e. The Kier molecular flexibility index (Phi) is 2.61. The van der Waals surface area contributed by atoms with Crippen molar-refractivity contribution in [1.29, 1.82) is 0 Å². The van der Waals surface area contributed by atoms with E-state index < -0.39 is 0 Å².